The SMILES string of the molecule is C=Cc1cc(C)ccc1C.C=Cc1ccc(C)cc1. The van der Waals surface area contributed by atoms with E-state index in [9.17, 15) is 0 Å². The van der Waals surface area contributed by atoms with E-state index in [-0.39, 0.29) is 0 Å². The second-order valence-electron chi connectivity index (χ2n) is 4.68. The molecular weight excluding hydrogens is 228 g/mol. The lowest BCUT2D eigenvalue weighted by atomic mass is 10.1. The molecule has 2 rings (SSSR count). The van der Waals surface area contributed by atoms with Gasteiger partial charge in [0.2, 0.25) is 0 Å². The smallest absolute Gasteiger partial charge is 0.0231 e. The Kier molecular flexibility index (Phi) is 5.81. The Morgan fingerprint density at radius 1 is 0.737 bits per heavy atom. The Morgan fingerprint density at radius 2 is 1.32 bits per heavy atom. The normalized spacial score (nSPS) is 9.21. The first kappa shape index (κ1) is 15.0. The van der Waals surface area contributed by atoms with E-state index in [4.69, 9.17) is 0 Å². The summed E-state index contributed by atoms with van der Waals surface area (Å²) in [6.45, 7) is 13.7. The van der Waals surface area contributed by atoms with Gasteiger partial charge in [0.25, 0.3) is 0 Å². The van der Waals surface area contributed by atoms with Crippen LogP contribution in [0.5, 0.6) is 0 Å². The van der Waals surface area contributed by atoms with Gasteiger partial charge >= 0.3 is 0 Å². The molecule has 0 radical (unpaired) electrons. The van der Waals surface area contributed by atoms with Crippen LogP contribution in [-0.2, 0) is 0 Å². The van der Waals surface area contributed by atoms with Gasteiger partial charge in [-0.3, -0.25) is 0 Å². The Hall–Kier alpha value is -2.08. The van der Waals surface area contributed by atoms with Crippen molar-refractivity contribution in [1.29, 1.82) is 0 Å². The standard InChI is InChI=1S/C10H12.C9H10/c1-4-10-7-8(2)5-6-9(10)3;1-3-9-6-4-8(2)5-7-9/h4-7H,1H2,2-3H3;3-7H,1H2,2H3. The Bertz CT molecular complexity index is 545. The van der Waals surface area contributed by atoms with Crippen LogP contribution in [0.2, 0.25) is 0 Å². The second-order valence-corrected chi connectivity index (χ2v) is 4.68. The number of hydrogen-bond acceptors (Lipinski definition) is 0. The van der Waals surface area contributed by atoms with Crippen molar-refractivity contribution in [2.75, 3.05) is 0 Å². The van der Waals surface area contributed by atoms with Crippen LogP contribution in [0, 0.1) is 20.8 Å². The summed E-state index contributed by atoms with van der Waals surface area (Å²) in [5.41, 5.74) is 6.29. The molecule has 0 aliphatic heterocycles. The van der Waals surface area contributed by atoms with Gasteiger partial charge in [0, 0.05) is 0 Å². The average Bonchev–Trinajstić information content (AvgIpc) is 2.43. The zero-order valence-electron chi connectivity index (χ0n) is 12.1. The van der Waals surface area contributed by atoms with Crippen LogP contribution in [0.3, 0.4) is 0 Å². The van der Waals surface area contributed by atoms with Gasteiger partial charge in [-0.25, -0.2) is 0 Å². The predicted molar refractivity (Wildman–Crippen MR) is 87.3 cm³/mol. The Morgan fingerprint density at radius 3 is 1.79 bits per heavy atom. The molecule has 0 spiro atoms. The van der Waals surface area contributed by atoms with Crippen molar-refractivity contribution < 1.29 is 0 Å². The van der Waals surface area contributed by atoms with Crippen LogP contribution < -0.4 is 0 Å². The van der Waals surface area contributed by atoms with E-state index in [1.807, 2.05) is 12.2 Å². The fourth-order valence-electron chi connectivity index (χ4n) is 1.68. The lowest BCUT2D eigenvalue weighted by Gasteiger charge is -1.99. The van der Waals surface area contributed by atoms with E-state index < -0.39 is 0 Å². The monoisotopic (exact) mass is 250 g/mol. The molecule has 0 heterocycles. The van der Waals surface area contributed by atoms with Crippen molar-refractivity contribution >= 4 is 12.2 Å². The zero-order chi connectivity index (χ0) is 14.3. The molecule has 0 bridgehead atoms. The van der Waals surface area contributed by atoms with Crippen LogP contribution in [0.25, 0.3) is 12.2 Å². The quantitative estimate of drug-likeness (QED) is 0.652. The lowest BCUT2D eigenvalue weighted by Crippen LogP contribution is -1.80. The van der Waals surface area contributed by atoms with Crippen molar-refractivity contribution in [2.45, 2.75) is 20.8 Å². The van der Waals surface area contributed by atoms with Gasteiger partial charge in [0.1, 0.15) is 0 Å². The summed E-state index contributed by atoms with van der Waals surface area (Å²) in [6.07, 6.45) is 3.74. The molecule has 0 aliphatic rings. The molecule has 0 unspecified atom stereocenters. The van der Waals surface area contributed by atoms with Gasteiger partial charge < -0.3 is 0 Å². The average molecular weight is 250 g/mol. The predicted octanol–water partition coefficient (Wildman–Crippen LogP) is 5.58. The molecule has 2 aromatic rings. The highest BCUT2D eigenvalue weighted by Crippen LogP contribution is 2.10. The van der Waals surface area contributed by atoms with Crippen LogP contribution in [0.4, 0.5) is 0 Å². The summed E-state index contributed by atoms with van der Waals surface area (Å²) < 4.78 is 0. The highest BCUT2D eigenvalue weighted by molar-refractivity contribution is 5.52. The van der Waals surface area contributed by atoms with Gasteiger partial charge in [-0.1, -0.05) is 78.9 Å². The molecule has 0 nitrogen and oxygen atoms in total. The molecule has 0 aliphatic carbocycles. The molecule has 0 saturated carbocycles. The molecule has 2 aromatic carbocycles. The molecular formula is C19H22. The number of aryl methyl sites for hydroxylation is 3. The topological polar surface area (TPSA) is 0 Å². The molecule has 0 amide bonds. The summed E-state index contributed by atoms with van der Waals surface area (Å²) in [5, 5.41) is 0. The minimum Gasteiger partial charge on any atom is -0.0985 e. The van der Waals surface area contributed by atoms with Gasteiger partial charge in [-0.05, 0) is 37.5 Å². The van der Waals surface area contributed by atoms with Crippen LogP contribution in [0.15, 0.2) is 55.6 Å². The van der Waals surface area contributed by atoms with Crippen molar-refractivity contribution in [1.82, 2.24) is 0 Å². The van der Waals surface area contributed by atoms with Crippen molar-refractivity contribution in [3.05, 3.63) is 83.4 Å². The van der Waals surface area contributed by atoms with E-state index >= 15 is 0 Å². The Balaban J connectivity index is 0.000000191. The van der Waals surface area contributed by atoms with Gasteiger partial charge in [0.05, 0.1) is 0 Å². The fourth-order valence-corrected chi connectivity index (χ4v) is 1.68. The zero-order valence-corrected chi connectivity index (χ0v) is 12.1. The van der Waals surface area contributed by atoms with E-state index in [0.29, 0.717) is 0 Å². The fraction of sp³-hybridized carbons (Fsp3) is 0.158. The first-order chi connectivity index (χ1) is 9.06. The number of hydrogen-bond donors (Lipinski definition) is 0. The van der Waals surface area contributed by atoms with E-state index in [1.165, 1.54) is 27.8 Å². The maximum atomic E-state index is 3.73. The third-order valence-electron chi connectivity index (χ3n) is 2.97. The molecule has 98 valence electrons. The first-order valence-corrected chi connectivity index (χ1v) is 6.45. The maximum absolute atomic E-state index is 3.73. The van der Waals surface area contributed by atoms with Crippen molar-refractivity contribution in [3.63, 3.8) is 0 Å². The summed E-state index contributed by atoms with van der Waals surface area (Å²) in [6, 6.07) is 14.6. The minimum absolute atomic E-state index is 1.18. The summed E-state index contributed by atoms with van der Waals surface area (Å²) >= 11 is 0. The van der Waals surface area contributed by atoms with Crippen LogP contribution in [0.1, 0.15) is 27.8 Å². The third-order valence-corrected chi connectivity index (χ3v) is 2.97. The van der Waals surface area contributed by atoms with Gasteiger partial charge in [0.15, 0.2) is 0 Å². The molecule has 0 fully saturated rings. The van der Waals surface area contributed by atoms with E-state index in [0.717, 1.165) is 0 Å². The minimum atomic E-state index is 1.18. The first-order valence-electron chi connectivity index (χ1n) is 6.45. The van der Waals surface area contributed by atoms with Crippen molar-refractivity contribution in [3.8, 4) is 0 Å². The van der Waals surface area contributed by atoms with Crippen LogP contribution >= 0.6 is 0 Å². The Labute approximate surface area is 117 Å². The molecule has 0 heteroatoms. The molecule has 19 heavy (non-hydrogen) atoms. The number of benzene rings is 2. The van der Waals surface area contributed by atoms with Crippen molar-refractivity contribution in [2.24, 2.45) is 0 Å². The summed E-state index contributed by atoms with van der Waals surface area (Å²) in [5.74, 6) is 0. The lowest BCUT2D eigenvalue weighted by molar-refractivity contribution is 1.38. The summed E-state index contributed by atoms with van der Waals surface area (Å²) in [7, 11) is 0. The molecule has 0 N–H and O–H groups in total. The van der Waals surface area contributed by atoms with Gasteiger partial charge in [-0.2, -0.15) is 0 Å². The number of rotatable bonds is 2. The highest BCUT2D eigenvalue weighted by Gasteiger charge is 1.91. The van der Waals surface area contributed by atoms with Gasteiger partial charge in [-0.15, -0.1) is 0 Å². The highest BCUT2D eigenvalue weighted by atomic mass is 14.0. The largest absolute Gasteiger partial charge is 0.0985 e. The second kappa shape index (κ2) is 7.38. The maximum Gasteiger partial charge on any atom is -0.0231 e. The third kappa shape index (κ3) is 4.97. The van der Waals surface area contributed by atoms with E-state index in [1.54, 1.807) is 0 Å². The van der Waals surface area contributed by atoms with E-state index in [2.05, 4.69) is 76.4 Å². The summed E-state index contributed by atoms with van der Waals surface area (Å²) in [4.78, 5) is 0. The molecule has 0 saturated heterocycles. The van der Waals surface area contributed by atoms with Crippen LogP contribution in [-0.4, -0.2) is 0 Å². The molecule has 0 aromatic heterocycles. The molecule has 0 atom stereocenters.